The minimum Gasteiger partial charge on any atom is -0.497 e. The van der Waals surface area contributed by atoms with Gasteiger partial charge in [0.1, 0.15) is 5.75 Å². The summed E-state index contributed by atoms with van der Waals surface area (Å²) >= 11 is 0. The second-order valence-electron chi connectivity index (χ2n) is 8.54. The lowest BCUT2D eigenvalue weighted by molar-refractivity contribution is 0.415. The van der Waals surface area contributed by atoms with E-state index >= 15 is 0 Å². The SMILES string of the molecule is COc1ccc(NS(=O)(=O)c2ccc(C)cc2)c(C#Cc2ccccc2NS(=O)(=O)c2ccc(C)cc2)c1. The molecule has 7 nitrogen and oxygen atoms in total. The Balaban J connectivity index is 1.69. The van der Waals surface area contributed by atoms with Crippen LogP contribution in [0.15, 0.2) is 101 Å². The highest BCUT2D eigenvalue weighted by molar-refractivity contribution is 7.93. The number of anilines is 2. The van der Waals surface area contributed by atoms with Crippen LogP contribution in [0.2, 0.25) is 0 Å². The highest BCUT2D eigenvalue weighted by atomic mass is 32.2. The number of sulfonamides is 2. The quantitative estimate of drug-likeness (QED) is 0.306. The molecule has 0 saturated carbocycles. The van der Waals surface area contributed by atoms with E-state index < -0.39 is 20.0 Å². The highest BCUT2D eigenvalue weighted by Crippen LogP contribution is 2.25. The number of para-hydroxylation sites is 1. The number of aryl methyl sites for hydroxylation is 2. The molecule has 0 saturated heterocycles. The van der Waals surface area contributed by atoms with Crippen molar-refractivity contribution in [2.75, 3.05) is 16.6 Å². The van der Waals surface area contributed by atoms with Crippen molar-refractivity contribution in [3.63, 3.8) is 0 Å². The molecule has 2 N–H and O–H groups in total. The molecule has 0 heterocycles. The van der Waals surface area contributed by atoms with Crippen LogP contribution in [0.3, 0.4) is 0 Å². The molecule has 4 aromatic carbocycles. The maximum absolute atomic E-state index is 13.0. The Kier molecular flexibility index (Phi) is 7.76. The van der Waals surface area contributed by atoms with Gasteiger partial charge in [-0.3, -0.25) is 9.44 Å². The van der Waals surface area contributed by atoms with Gasteiger partial charge < -0.3 is 4.74 Å². The standard InChI is InChI=1S/C29H26N2O5S2/c1-21-8-15-26(16-9-21)37(32,33)30-28-7-5-4-6-23(28)12-13-24-20-25(36-3)14-19-29(24)31-38(34,35)27-17-10-22(2)11-18-27/h4-11,14-20,30-31H,1-3H3. The molecule has 0 radical (unpaired) electrons. The van der Waals surface area contributed by atoms with Crippen molar-refractivity contribution in [2.45, 2.75) is 23.6 Å². The van der Waals surface area contributed by atoms with Crippen molar-refractivity contribution in [2.24, 2.45) is 0 Å². The minimum absolute atomic E-state index is 0.119. The van der Waals surface area contributed by atoms with Gasteiger partial charge in [0.05, 0.1) is 33.8 Å². The average Bonchev–Trinajstić information content (AvgIpc) is 2.89. The Labute approximate surface area is 223 Å². The predicted molar refractivity (Wildman–Crippen MR) is 149 cm³/mol. The summed E-state index contributed by atoms with van der Waals surface area (Å²) in [4.78, 5) is 0.250. The largest absolute Gasteiger partial charge is 0.497 e. The normalized spacial score (nSPS) is 11.2. The molecular weight excluding hydrogens is 520 g/mol. The molecular formula is C29H26N2O5S2. The summed E-state index contributed by atoms with van der Waals surface area (Å²) in [6.45, 7) is 3.75. The number of benzene rings is 4. The first-order chi connectivity index (χ1) is 18.1. The summed E-state index contributed by atoms with van der Waals surface area (Å²) < 4.78 is 62.3. The molecule has 194 valence electrons. The lowest BCUT2D eigenvalue weighted by atomic mass is 10.1. The van der Waals surface area contributed by atoms with Crippen LogP contribution in [0, 0.1) is 25.7 Å². The summed E-state index contributed by atoms with van der Waals surface area (Å²) in [6, 6.07) is 24.6. The van der Waals surface area contributed by atoms with E-state index in [2.05, 4.69) is 21.3 Å². The van der Waals surface area contributed by atoms with Crippen LogP contribution in [0.25, 0.3) is 0 Å². The topological polar surface area (TPSA) is 102 Å². The summed E-state index contributed by atoms with van der Waals surface area (Å²) in [7, 11) is -6.22. The van der Waals surface area contributed by atoms with Gasteiger partial charge in [0.25, 0.3) is 20.0 Å². The molecule has 0 amide bonds. The van der Waals surface area contributed by atoms with Crippen LogP contribution in [-0.2, 0) is 20.0 Å². The number of hydrogen-bond donors (Lipinski definition) is 2. The van der Waals surface area contributed by atoms with Gasteiger partial charge >= 0.3 is 0 Å². The van der Waals surface area contributed by atoms with Crippen LogP contribution < -0.4 is 14.2 Å². The Bertz CT molecular complexity index is 1740. The lowest BCUT2D eigenvalue weighted by Crippen LogP contribution is -2.14. The third-order valence-electron chi connectivity index (χ3n) is 5.64. The van der Waals surface area contributed by atoms with E-state index in [0.717, 1.165) is 11.1 Å². The number of nitrogens with one attached hydrogen (secondary N) is 2. The summed E-state index contributed by atoms with van der Waals surface area (Å²) in [5, 5.41) is 0. The third kappa shape index (κ3) is 6.35. The monoisotopic (exact) mass is 546 g/mol. The number of hydrogen-bond acceptors (Lipinski definition) is 5. The van der Waals surface area contributed by atoms with Crippen LogP contribution in [0.4, 0.5) is 11.4 Å². The van der Waals surface area contributed by atoms with Crippen molar-refractivity contribution < 1.29 is 21.6 Å². The number of methoxy groups -OCH3 is 1. The van der Waals surface area contributed by atoms with Gasteiger partial charge in [0, 0.05) is 5.56 Å². The predicted octanol–water partition coefficient (Wildman–Crippen LogP) is 5.31. The molecule has 0 aliphatic heterocycles. The van der Waals surface area contributed by atoms with E-state index in [0.29, 0.717) is 22.6 Å². The zero-order chi connectivity index (χ0) is 27.3. The van der Waals surface area contributed by atoms with Gasteiger partial charge in [-0.25, -0.2) is 16.8 Å². The van der Waals surface area contributed by atoms with Crippen molar-refractivity contribution >= 4 is 31.4 Å². The molecule has 0 aliphatic carbocycles. The van der Waals surface area contributed by atoms with Crippen LogP contribution in [-0.4, -0.2) is 23.9 Å². The van der Waals surface area contributed by atoms with E-state index in [1.807, 2.05) is 13.8 Å². The molecule has 0 aliphatic rings. The van der Waals surface area contributed by atoms with Gasteiger partial charge in [-0.2, -0.15) is 0 Å². The fourth-order valence-corrected chi connectivity index (χ4v) is 5.66. The van der Waals surface area contributed by atoms with Gasteiger partial charge in [0.15, 0.2) is 0 Å². The summed E-state index contributed by atoms with van der Waals surface area (Å²) in [5.74, 6) is 6.43. The molecule has 4 rings (SSSR count). The van der Waals surface area contributed by atoms with Crippen LogP contribution >= 0.6 is 0 Å². The van der Waals surface area contributed by atoms with Crippen molar-refractivity contribution in [1.29, 1.82) is 0 Å². The molecule has 0 aromatic heterocycles. The third-order valence-corrected chi connectivity index (χ3v) is 8.40. The smallest absolute Gasteiger partial charge is 0.261 e. The van der Waals surface area contributed by atoms with Crippen LogP contribution in [0.1, 0.15) is 22.3 Å². The molecule has 0 fully saturated rings. The average molecular weight is 547 g/mol. The second kappa shape index (κ2) is 11.0. The van der Waals surface area contributed by atoms with E-state index in [4.69, 9.17) is 4.74 Å². The van der Waals surface area contributed by atoms with E-state index in [-0.39, 0.29) is 15.5 Å². The number of ether oxygens (including phenoxy) is 1. The molecule has 4 aromatic rings. The Morgan fingerprint density at radius 2 is 1.08 bits per heavy atom. The summed E-state index contributed by atoms with van der Waals surface area (Å²) in [5.41, 5.74) is 3.22. The molecule has 0 bridgehead atoms. The van der Waals surface area contributed by atoms with E-state index in [1.54, 1.807) is 66.7 Å². The maximum Gasteiger partial charge on any atom is 0.261 e. The number of rotatable bonds is 7. The Morgan fingerprint density at radius 1 is 0.605 bits per heavy atom. The highest BCUT2D eigenvalue weighted by Gasteiger charge is 2.17. The van der Waals surface area contributed by atoms with E-state index in [9.17, 15) is 16.8 Å². The van der Waals surface area contributed by atoms with Crippen molar-refractivity contribution in [3.8, 4) is 17.6 Å². The molecule has 0 atom stereocenters. The first kappa shape index (κ1) is 26.8. The van der Waals surface area contributed by atoms with Gasteiger partial charge in [-0.15, -0.1) is 0 Å². The molecule has 9 heteroatoms. The zero-order valence-electron chi connectivity index (χ0n) is 21.0. The van der Waals surface area contributed by atoms with Gasteiger partial charge in [-0.05, 0) is 68.4 Å². The van der Waals surface area contributed by atoms with E-state index in [1.165, 1.54) is 31.4 Å². The maximum atomic E-state index is 13.0. The van der Waals surface area contributed by atoms with Crippen LogP contribution in [0.5, 0.6) is 5.75 Å². The Hall–Kier alpha value is -4.26. The zero-order valence-corrected chi connectivity index (χ0v) is 22.7. The first-order valence-electron chi connectivity index (χ1n) is 11.6. The fourth-order valence-electron chi connectivity index (χ4n) is 3.50. The van der Waals surface area contributed by atoms with Gasteiger partial charge in [-0.1, -0.05) is 59.4 Å². The second-order valence-corrected chi connectivity index (χ2v) is 11.9. The molecule has 38 heavy (non-hydrogen) atoms. The van der Waals surface area contributed by atoms with Gasteiger partial charge in [0.2, 0.25) is 0 Å². The minimum atomic E-state index is -3.87. The fraction of sp³-hybridized carbons (Fsp3) is 0.103. The van der Waals surface area contributed by atoms with Crippen molar-refractivity contribution in [3.05, 3.63) is 113 Å². The molecule has 0 spiro atoms. The Morgan fingerprint density at radius 3 is 1.61 bits per heavy atom. The summed E-state index contributed by atoms with van der Waals surface area (Å²) in [6.07, 6.45) is 0. The first-order valence-corrected chi connectivity index (χ1v) is 14.5. The lowest BCUT2D eigenvalue weighted by Gasteiger charge is -2.12. The molecule has 0 unspecified atom stereocenters. The van der Waals surface area contributed by atoms with Crippen molar-refractivity contribution in [1.82, 2.24) is 0 Å².